The molecule has 0 fully saturated rings. The molecule has 2 aromatic rings. The molecule has 0 aliphatic heterocycles. The number of hydrogen-bond donors (Lipinski definition) is 0. The van der Waals surface area contributed by atoms with Crippen molar-refractivity contribution in [1.82, 2.24) is 4.57 Å². The lowest BCUT2D eigenvalue weighted by Gasteiger charge is -1.98. The first-order valence-corrected chi connectivity index (χ1v) is 6.52. The van der Waals surface area contributed by atoms with Gasteiger partial charge in [-0.05, 0) is 12.1 Å². The Kier molecular flexibility index (Phi) is 4.44. The van der Waals surface area contributed by atoms with E-state index in [4.69, 9.17) is 0 Å². The second-order valence-electron chi connectivity index (χ2n) is 3.73. The predicted molar refractivity (Wildman–Crippen MR) is 65.5 cm³/mol. The number of nitrogens with zero attached hydrogens (tertiary/aromatic N) is 2. The van der Waals surface area contributed by atoms with Crippen molar-refractivity contribution in [2.24, 2.45) is 14.1 Å². The Morgan fingerprint density at radius 2 is 1.83 bits per heavy atom. The van der Waals surface area contributed by atoms with Crippen LogP contribution >= 0.6 is 0 Å². The highest BCUT2D eigenvalue weighted by molar-refractivity contribution is 7.80. The highest BCUT2D eigenvalue weighted by atomic mass is 32.3. The lowest BCUT2D eigenvalue weighted by Crippen LogP contribution is -2.30. The van der Waals surface area contributed by atoms with Gasteiger partial charge < -0.3 is 4.55 Å². The Balaban J connectivity index is 0.000000232. The summed E-state index contributed by atoms with van der Waals surface area (Å²) in [6.45, 7) is 2.12. The minimum absolute atomic E-state index is 0.808. The van der Waals surface area contributed by atoms with Crippen LogP contribution in [0.5, 0.6) is 0 Å². The van der Waals surface area contributed by atoms with Crippen molar-refractivity contribution in [2.75, 3.05) is 7.11 Å². The summed E-state index contributed by atoms with van der Waals surface area (Å²) in [5.41, 5.74) is 2.58. The van der Waals surface area contributed by atoms with Gasteiger partial charge in [0.25, 0.3) is 5.82 Å². The van der Waals surface area contributed by atoms with Crippen molar-refractivity contribution in [2.45, 2.75) is 6.92 Å². The lowest BCUT2D eigenvalue weighted by atomic mass is 10.3. The van der Waals surface area contributed by atoms with Crippen LogP contribution in [-0.2, 0) is 28.7 Å². The van der Waals surface area contributed by atoms with E-state index in [-0.39, 0.29) is 0 Å². The van der Waals surface area contributed by atoms with Crippen molar-refractivity contribution < 1.29 is 21.7 Å². The summed E-state index contributed by atoms with van der Waals surface area (Å²) in [4.78, 5) is 0. The van der Waals surface area contributed by atoms with Crippen molar-refractivity contribution >= 4 is 21.4 Å². The van der Waals surface area contributed by atoms with Crippen LogP contribution in [-0.4, -0.2) is 24.6 Å². The Morgan fingerprint density at radius 1 is 1.33 bits per heavy atom. The van der Waals surface area contributed by atoms with Gasteiger partial charge in [0.15, 0.2) is 11.0 Å². The molecule has 100 valence electrons. The SMILES string of the molecule is COS(=O)(=O)[O-].Cc1n(C)c2ccccc2[n+]1C. The zero-order chi connectivity index (χ0) is 13.9. The Labute approximate surface area is 106 Å². The van der Waals surface area contributed by atoms with Gasteiger partial charge in [-0.3, -0.25) is 4.18 Å². The van der Waals surface area contributed by atoms with Crippen LogP contribution < -0.4 is 4.57 Å². The van der Waals surface area contributed by atoms with Gasteiger partial charge in [-0.25, -0.2) is 17.6 Å². The van der Waals surface area contributed by atoms with Crippen molar-refractivity contribution in [3.8, 4) is 0 Å². The van der Waals surface area contributed by atoms with E-state index in [1.165, 1.54) is 16.9 Å². The molecule has 1 aromatic carbocycles. The van der Waals surface area contributed by atoms with Gasteiger partial charge in [-0.2, -0.15) is 0 Å². The van der Waals surface area contributed by atoms with Crippen LogP contribution in [0.25, 0.3) is 11.0 Å². The van der Waals surface area contributed by atoms with Crippen molar-refractivity contribution in [1.29, 1.82) is 0 Å². The van der Waals surface area contributed by atoms with Crippen LogP contribution in [0.1, 0.15) is 5.82 Å². The van der Waals surface area contributed by atoms with E-state index in [0.29, 0.717) is 0 Å². The molecular formula is C11H16N2O4S. The summed E-state index contributed by atoms with van der Waals surface area (Å²) >= 11 is 0. The summed E-state index contributed by atoms with van der Waals surface area (Å²) in [5, 5.41) is 0. The molecule has 2 rings (SSSR count). The van der Waals surface area contributed by atoms with Crippen molar-refractivity contribution in [3.05, 3.63) is 30.1 Å². The third-order valence-corrected chi connectivity index (χ3v) is 3.19. The average molecular weight is 272 g/mol. The first-order chi connectivity index (χ1) is 8.28. The third-order valence-electron chi connectivity index (χ3n) is 2.78. The number of aromatic nitrogens is 2. The number of para-hydroxylation sites is 2. The highest BCUT2D eigenvalue weighted by Gasteiger charge is 2.13. The monoisotopic (exact) mass is 272 g/mol. The fourth-order valence-corrected chi connectivity index (χ4v) is 1.61. The molecule has 0 atom stereocenters. The molecule has 0 aliphatic carbocycles. The molecule has 0 spiro atoms. The summed E-state index contributed by atoms with van der Waals surface area (Å²) < 4.78 is 35.4. The van der Waals surface area contributed by atoms with Crippen LogP contribution in [0.3, 0.4) is 0 Å². The normalized spacial score (nSPS) is 11.2. The summed E-state index contributed by atoms with van der Waals surface area (Å²) in [6, 6.07) is 8.42. The quantitative estimate of drug-likeness (QED) is 0.428. The summed E-state index contributed by atoms with van der Waals surface area (Å²) in [5.74, 6) is 1.27. The molecule has 0 radical (unpaired) electrons. The largest absolute Gasteiger partial charge is 0.726 e. The molecule has 0 saturated carbocycles. The van der Waals surface area contributed by atoms with Gasteiger partial charge in [0, 0.05) is 6.92 Å². The number of fused-ring (bicyclic) bond motifs is 1. The third kappa shape index (κ3) is 3.28. The number of benzene rings is 1. The summed E-state index contributed by atoms with van der Waals surface area (Å²) in [7, 11) is 0.586. The fourth-order valence-electron chi connectivity index (χ4n) is 1.61. The van der Waals surface area contributed by atoms with Crippen LogP contribution in [0.2, 0.25) is 0 Å². The standard InChI is InChI=1S/C10H13N2.CH4O4S/c1-8-11(2)9-6-4-5-7-10(9)12(8)3;1-5-6(2,3)4/h4-7H,1-3H3;1H3,(H,2,3,4)/q+1;/p-1. The smallest absolute Gasteiger partial charge is 0.253 e. The molecule has 7 heteroatoms. The molecule has 0 N–H and O–H groups in total. The zero-order valence-electron chi connectivity index (χ0n) is 10.7. The van der Waals surface area contributed by atoms with E-state index in [1.54, 1.807) is 0 Å². The highest BCUT2D eigenvalue weighted by Crippen LogP contribution is 2.10. The Hall–Kier alpha value is -1.44. The van der Waals surface area contributed by atoms with Crippen molar-refractivity contribution in [3.63, 3.8) is 0 Å². The Bertz CT molecular complexity index is 607. The van der Waals surface area contributed by atoms with Crippen LogP contribution in [0.4, 0.5) is 0 Å². The van der Waals surface area contributed by atoms with Gasteiger partial charge in [0.1, 0.15) is 0 Å². The van der Waals surface area contributed by atoms with E-state index in [2.05, 4.69) is 58.6 Å². The maximum absolute atomic E-state index is 9.22. The lowest BCUT2D eigenvalue weighted by molar-refractivity contribution is -0.652. The molecule has 0 aliphatic rings. The van der Waals surface area contributed by atoms with Gasteiger partial charge >= 0.3 is 0 Å². The van der Waals surface area contributed by atoms with E-state index < -0.39 is 10.4 Å². The molecule has 18 heavy (non-hydrogen) atoms. The number of rotatable bonds is 1. The van der Waals surface area contributed by atoms with Crippen LogP contribution in [0, 0.1) is 6.92 Å². The predicted octanol–water partition coefficient (Wildman–Crippen LogP) is 0.404. The van der Waals surface area contributed by atoms with Gasteiger partial charge in [0.05, 0.1) is 21.2 Å². The van der Waals surface area contributed by atoms with Gasteiger partial charge in [-0.1, -0.05) is 12.1 Å². The maximum Gasteiger partial charge on any atom is 0.253 e. The number of imidazole rings is 1. The minimum Gasteiger partial charge on any atom is -0.726 e. The van der Waals surface area contributed by atoms with Gasteiger partial charge in [-0.15, -0.1) is 0 Å². The van der Waals surface area contributed by atoms with Gasteiger partial charge in [0.2, 0.25) is 10.4 Å². The fraction of sp³-hybridized carbons (Fsp3) is 0.364. The molecule has 1 aromatic heterocycles. The maximum atomic E-state index is 9.22. The molecule has 0 bridgehead atoms. The number of hydrogen-bond acceptors (Lipinski definition) is 4. The molecular weight excluding hydrogens is 256 g/mol. The topological polar surface area (TPSA) is 75.2 Å². The Morgan fingerprint density at radius 3 is 2.28 bits per heavy atom. The minimum atomic E-state index is -4.41. The molecule has 1 heterocycles. The molecule has 6 nitrogen and oxygen atoms in total. The second-order valence-corrected chi connectivity index (χ2v) is 4.88. The van der Waals surface area contributed by atoms with E-state index in [0.717, 1.165) is 7.11 Å². The summed E-state index contributed by atoms with van der Waals surface area (Å²) in [6.07, 6.45) is 0. The first-order valence-electron chi connectivity index (χ1n) is 5.19. The van der Waals surface area contributed by atoms with E-state index in [9.17, 15) is 13.0 Å². The van der Waals surface area contributed by atoms with E-state index in [1.807, 2.05) is 0 Å². The molecule has 0 unspecified atom stereocenters. The average Bonchev–Trinajstić information content (AvgIpc) is 2.55. The zero-order valence-corrected chi connectivity index (χ0v) is 11.6. The second kappa shape index (κ2) is 5.47. The molecule has 0 saturated heterocycles. The number of aryl methyl sites for hydroxylation is 2. The van der Waals surface area contributed by atoms with E-state index >= 15 is 0 Å². The van der Waals surface area contributed by atoms with Crippen LogP contribution in [0.15, 0.2) is 24.3 Å². The first kappa shape index (κ1) is 14.6. The molecule has 0 amide bonds.